The molecule has 1 aromatic heterocycles. The molecule has 7 nitrogen and oxygen atoms in total. The Morgan fingerprint density at radius 2 is 2.12 bits per heavy atom. The second-order valence-electron chi connectivity index (χ2n) is 5.95. The number of benzene rings is 1. The Hall–Kier alpha value is -1.90. The van der Waals surface area contributed by atoms with Gasteiger partial charge >= 0.3 is 0 Å². The van der Waals surface area contributed by atoms with Crippen molar-refractivity contribution in [3.05, 3.63) is 36.9 Å². The van der Waals surface area contributed by atoms with Gasteiger partial charge in [0.05, 0.1) is 25.2 Å². The number of sulfonamides is 1. The molecule has 1 aromatic carbocycles. The molecule has 0 radical (unpaired) electrons. The van der Waals surface area contributed by atoms with E-state index < -0.39 is 10.0 Å². The average molecular weight is 366 g/mol. The van der Waals surface area contributed by atoms with Crippen LogP contribution >= 0.6 is 0 Å². The van der Waals surface area contributed by atoms with Crippen LogP contribution in [0.5, 0.6) is 5.75 Å². The van der Waals surface area contributed by atoms with Gasteiger partial charge in [-0.2, -0.15) is 0 Å². The van der Waals surface area contributed by atoms with E-state index in [0.717, 1.165) is 5.56 Å². The summed E-state index contributed by atoms with van der Waals surface area (Å²) in [5, 5.41) is 0. The van der Waals surface area contributed by atoms with Crippen LogP contribution in [0.15, 0.2) is 41.3 Å². The van der Waals surface area contributed by atoms with Crippen LogP contribution in [0.4, 0.5) is 0 Å². The summed E-state index contributed by atoms with van der Waals surface area (Å²) in [7, 11) is -3.24. The lowest BCUT2D eigenvalue weighted by molar-refractivity contribution is 0.0186. The summed E-state index contributed by atoms with van der Waals surface area (Å²) >= 11 is 0. The molecule has 3 rings (SSSR count). The van der Waals surface area contributed by atoms with Crippen molar-refractivity contribution in [2.24, 2.45) is 5.92 Å². The van der Waals surface area contributed by atoms with E-state index in [1.54, 1.807) is 13.1 Å². The minimum Gasteiger partial charge on any atom is -0.493 e. The third-order valence-electron chi connectivity index (χ3n) is 4.22. The third kappa shape index (κ3) is 4.81. The minimum atomic E-state index is -3.24. The van der Waals surface area contributed by atoms with Crippen LogP contribution in [0.2, 0.25) is 0 Å². The lowest BCUT2D eigenvalue weighted by Gasteiger charge is -2.31. The third-order valence-corrected chi connectivity index (χ3v) is 5.64. The van der Waals surface area contributed by atoms with Crippen molar-refractivity contribution >= 4 is 10.0 Å². The Labute approximate surface area is 147 Å². The first-order chi connectivity index (χ1) is 12.1. The van der Waals surface area contributed by atoms with Gasteiger partial charge in [0.25, 0.3) is 0 Å². The van der Waals surface area contributed by atoms with Gasteiger partial charge in [0.2, 0.25) is 10.0 Å². The van der Waals surface area contributed by atoms with Gasteiger partial charge in [0.15, 0.2) is 12.2 Å². The summed E-state index contributed by atoms with van der Waals surface area (Å²) in [6.07, 6.45) is 3.69. The second-order valence-corrected chi connectivity index (χ2v) is 8.00. The predicted octanol–water partition coefficient (Wildman–Crippen LogP) is 2.06. The number of ether oxygens (including phenoxy) is 2. The van der Waals surface area contributed by atoms with Gasteiger partial charge in [-0.1, -0.05) is 0 Å². The molecule has 0 amide bonds. The molecule has 2 aromatic rings. The number of oxazole rings is 1. The van der Waals surface area contributed by atoms with Crippen molar-refractivity contribution in [3.8, 4) is 17.1 Å². The second kappa shape index (κ2) is 7.99. The molecule has 8 heteroatoms. The van der Waals surface area contributed by atoms with E-state index in [2.05, 4.69) is 9.71 Å². The number of nitrogens with one attached hydrogen (secondary N) is 1. The zero-order valence-corrected chi connectivity index (χ0v) is 14.9. The van der Waals surface area contributed by atoms with Gasteiger partial charge < -0.3 is 13.9 Å². The molecule has 0 spiro atoms. The molecule has 0 saturated carbocycles. The van der Waals surface area contributed by atoms with Gasteiger partial charge in [-0.25, -0.2) is 18.1 Å². The van der Waals surface area contributed by atoms with Crippen molar-refractivity contribution < 1.29 is 22.3 Å². The molecule has 2 atom stereocenters. The van der Waals surface area contributed by atoms with Crippen molar-refractivity contribution in [2.75, 3.05) is 25.6 Å². The molecule has 0 bridgehead atoms. The van der Waals surface area contributed by atoms with E-state index in [1.807, 2.05) is 24.3 Å². The van der Waals surface area contributed by atoms with Crippen LogP contribution in [0.25, 0.3) is 11.3 Å². The molecule has 1 aliphatic heterocycles. The first kappa shape index (κ1) is 17.9. The van der Waals surface area contributed by atoms with Crippen molar-refractivity contribution in [1.29, 1.82) is 0 Å². The van der Waals surface area contributed by atoms with Gasteiger partial charge in [-0.05, 0) is 37.6 Å². The Morgan fingerprint density at radius 3 is 2.80 bits per heavy atom. The summed E-state index contributed by atoms with van der Waals surface area (Å²) in [5.74, 6) is 1.46. The van der Waals surface area contributed by atoms with Gasteiger partial charge in [0, 0.05) is 24.1 Å². The average Bonchev–Trinajstić information content (AvgIpc) is 3.16. The summed E-state index contributed by atoms with van der Waals surface area (Å²) in [4.78, 5) is 3.90. The Morgan fingerprint density at radius 1 is 1.32 bits per heavy atom. The van der Waals surface area contributed by atoms with E-state index in [1.165, 1.54) is 6.39 Å². The summed E-state index contributed by atoms with van der Waals surface area (Å²) in [6.45, 7) is 3.05. The van der Waals surface area contributed by atoms with E-state index in [-0.39, 0.29) is 17.7 Å². The topological polar surface area (TPSA) is 90.7 Å². The standard InChI is InChI=1S/C17H22N2O5S/c1-2-25(20,21)19-16-7-8-22-10-14(16)11-23-15-5-3-13(4-6-15)17-9-18-12-24-17/h3-6,9,12,14,16,19H,2,7-8,10-11H2,1H3/t14-,16+/m1/s1. The molecule has 136 valence electrons. The summed E-state index contributed by atoms with van der Waals surface area (Å²) in [5.41, 5.74) is 0.916. The fourth-order valence-electron chi connectivity index (χ4n) is 2.71. The zero-order chi connectivity index (χ0) is 17.7. The summed E-state index contributed by atoms with van der Waals surface area (Å²) < 4.78 is 43.0. The largest absolute Gasteiger partial charge is 0.493 e. The maximum atomic E-state index is 11.8. The fraction of sp³-hybridized carbons (Fsp3) is 0.471. The molecule has 0 unspecified atom stereocenters. The van der Waals surface area contributed by atoms with Gasteiger partial charge in [-0.15, -0.1) is 0 Å². The van der Waals surface area contributed by atoms with Crippen LogP contribution < -0.4 is 9.46 Å². The van der Waals surface area contributed by atoms with E-state index in [4.69, 9.17) is 13.9 Å². The molecule has 1 saturated heterocycles. The van der Waals surface area contributed by atoms with Crippen LogP contribution in [-0.2, 0) is 14.8 Å². The number of nitrogens with zero attached hydrogens (tertiary/aromatic N) is 1. The molecular formula is C17H22N2O5S. The highest BCUT2D eigenvalue weighted by Crippen LogP contribution is 2.23. The van der Waals surface area contributed by atoms with Crippen LogP contribution in [-0.4, -0.2) is 45.0 Å². The smallest absolute Gasteiger partial charge is 0.211 e. The highest BCUT2D eigenvalue weighted by molar-refractivity contribution is 7.89. The van der Waals surface area contributed by atoms with Crippen molar-refractivity contribution in [3.63, 3.8) is 0 Å². The number of aromatic nitrogens is 1. The summed E-state index contributed by atoms with van der Waals surface area (Å²) in [6, 6.07) is 7.33. The van der Waals surface area contributed by atoms with E-state index in [0.29, 0.717) is 37.8 Å². The number of rotatable bonds is 7. The molecule has 1 aliphatic rings. The molecule has 1 fully saturated rings. The van der Waals surface area contributed by atoms with Crippen molar-refractivity contribution in [2.45, 2.75) is 19.4 Å². The fourth-order valence-corrected chi connectivity index (χ4v) is 3.65. The normalized spacial score (nSPS) is 21.2. The van der Waals surface area contributed by atoms with Crippen LogP contribution in [0, 0.1) is 5.92 Å². The first-order valence-electron chi connectivity index (χ1n) is 8.27. The zero-order valence-electron chi connectivity index (χ0n) is 14.1. The van der Waals surface area contributed by atoms with Crippen molar-refractivity contribution in [1.82, 2.24) is 9.71 Å². The SMILES string of the molecule is CCS(=O)(=O)N[C@H]1CCOC[C@@H]1COc1ccc(-c2cnco2)cc1. The first-order valence-corrected chi connectivity index (χ1v) is 9.92. The lowest BCUT2D eigenvalue weighted by atomic mass is 9.98. The highest BCUT2D eigenvalue weighted by atomic mass is 32.2. The van der Waals surface area contributed by atoms with E-state index in [9.17, 15) is 8.42 Å². The molecule has 0 aliphatic carbocycles. The predicted molar refractivity (Wildman–Crippen MR) is 92.7 cm³/mol. The molecular weight excluding hydrogens is 344 g/mol. The Bertz CT molecular complexity index is 759. The minimum absolute atomic E-state index is 0.0241. The highest BCUT2D eigenvalue weighted by Gasteiger charge is 2.29. The maximum absolute atomic E-state index is 11.8. The number of hydrogen-bond acceptors (Lipinski definition) is 6. The monoisotopic (exact) mass is 366 g/mol. The molecule has 25 heavy (non-hydrogen) atoms. The lowest BCUT2D eigenvalue weighted by Crippen LogP contribution is -2.47. The quantitative estimate of drug-likeness (QED) is 0.807. The van der Waals surface area contributed by atoms with Gasteiger partial charge in [-0.3, -0.25) is 0 Å². The molecule has 2 heterocycles. The Kier molecular flexibility index (Phi) is 5.72. The Balaban J connectivity index is 1.59. The molecule has 1 N–H and O–H groups in total. The van der Waals surface area contributed by atoms with Gasteiger partial charge in [0.1, 0.15) is 5.75 Å². The van der Waals surface area contributed by atoms with Crippen LogP contribution in [0.3, 0.4) is 0 Å². The van der Waals surface area contributed by atoms with Crippen LogP contribution in [0.1, 0.15) is 13.3 Å². The van der Waals surface area contributed by atoms with E-state index >= 15 is 0 Å². The maximum Gasteiger partial charge on any atom is 0.211 e. The number of hydrogen-bond donors (Lipinski definition) is 1.